The molecule has 0 unspecified atom stereocenters. The Hall–Kier alpha value is -0.570. The highest BCUT2D eigenvalue weighted by atomic mass is 16.2. The van der Waals surface area contributed by atoms with E-state index in [4.69, 9.17) is 0 Å². The second kappa shape index (κ2) is 7.13. The maximum Gasteiger partial charge on any atom is 0.236 e. The van der Waals surface area contributed by atoms with Crippen molar-refractivity contribution in [3.05, 3.63) is 0 Å². The van der Waals surface area contributed by atoms with Gasteiger partial charge in [0.1, 0.15) is 0 Å². The first kappa shape index (κ1) is 15.5. The van der Waals surface area contributed by atoms with Crippen LogP contribution in [0.3, 0.4) is 0 Å². The monoisotopic (exact) mass is 254 g/mol. The molecule has 0 aromatic carbocycles. The molecule has 0 aliphatic carbocycles. The molecule has 18 heavy (non-hydrogen) atoms. The fourth-order valence-electron chi connectivity index (χ4n) is 2.83. The molecule has 0 radical (unpaired) electrons. The van der Waals surface area contributed by atoms with Crippen LogP contribution in [0.15, 0.2) is 0 Å². The summed E-state index contributed by atoms with van der Waals surface area (Å²) in [6, 6.07) is 0. The minimum Gasteiger partial charge on any atom is -0.342 e. The summed E-state index contributed by atoms with van der Waals surface area (Å²) in [4.78, 5) is 16.3. The second-order valence-corrected chi connectivity index (χ2v) is 6.55. The summed E-state index contributed by atoms with van der Waals surface area (Å²) >= 11 is 0. The van der Waals surface area contributed by atoms with E-state index in [2.05, 4.69) is 37.5 Å². The van der Waals surface area contributed by atoms with E-state index in [0.717, 1.165) is 31.5 Å². The van der Waals surface area contributed by atoms with Gasteiger partial charge in [-0.3, -0.25) is 9.69 Å². The molecule has 0 aromatic rings. The van der Waals surface area contributed by atoms with Crippen molar-refractivity contribution in [1.29, 1.82) is 0 Å². The van der Waals surface area contributed by atoms with Crippen molar-refractivity contribution in [3.8, 4) is 0 Å². The van der Waals surface area contributed by atoms with Crippen LogP contribution in [0.1, 0.15) is 40.5 Å². The molecule has 1 amide bonds. The lowest BCUT2D eigenvalue weighted by Gasteiger charge is -2.34. The third-order valence-corrected chi connectivity index (χ3v) is 3.92. The maximum atomic E-state index is 12.2. The van der Waals surface area contributed by atoms with Gasteiger partial charge in [0, 0.05) is 19.6 Å². The maximum absolute atomic E-state index is 12.2. The Labute approximate surface area is 113 Å². The number of carbonyl (C=O) groups is 1. The van der Waals surface area contributed by atoms with Crippen LogP contribution in [-0.4, -0.2) is 48.9 Å². The van der Waals surface area contributed by atoms with Crippen LogP contribution in [0, 0.1) is 17.8 Å². The molecule has 0 aromatic heterocycles. The molecule has 1 rings (SSSR count). The minimum absolute atomic E-state index is 0.306. The fraction of sp³-hybridized carbons (Fsp3) is 0.933. The molecule has 106 valence electrons. The zero-order chi connectivity index (χ0) is 13.7. The fourth-order valence-corrected chi connectivity index (χ4v) is 2.83. The summed E-state index contributed by atoms with van der Waals surface area (Å²) in [7, 11) is 2.04. The van der Waals surface area contributed by atoms with Gasteiger partial charge in [-0.1, -0.05) is 27.7 Å². The van der Waals surface area contributed by atoms with Crippen molar-refractivity contribution >= 4 is 5.91 Å². The highest BCUT2D eigenvalue weighted by Gasteiger charge is 2.24. The van der Waals surface area contributed by atoms with Crippen molar-refractivity contribution in [2.24, 2.45) is 17.8 Å². The van der Waals surface area contributed by atoms with Crippen molar-refractivity contribution in [3.63, 3.8) is 0 Å². The summed E-state index contributed by atoms with van der Waals surface area (Å²) in [6.45, 7) is 12.4. The molecule has 1 heterocycles. The first-order chi connectivity index (χ1) is 8.40. The van der Waals surface area contributed by atoms with Crippen molar-refractivity contribution < 1.29 is 4.79 Å². The highest BCUT2D eigenvalue weighted by Crippen LogP contribution is 2.24. The Morgan fingerprint density at radius 3 is 2.22 bits per heavy atom. The van der Waals surface area contributed by atoms with E-state index in [1.165, 1.54) is 12.8 Å². The normalized spacial score (nSPS) is 18.1. The summed E-state index contributed by atoms with van der Waals surface area (Å²) in [6.07, 6.45) is 2.36. The molecule has 0 spiro atoms. The third kappa shape index (κ3) is 4.97. The number of amides is 1. The molecule has 3 heteroatoms. The van der Waals surface area contributed by atoms with E-state index in [-0.39, 0.29) is 0 Å². The van der Waals surface area contributed by atoms with E-state index in [9.17, 15) is 4.79 Å². The summed E-state index contributed by atoms with van der Waals surface area (Å²) < 4.78 is 0. The smallest absolute Gasteiger partial charge is 0.236 e. The summed E-state index contributed by atoms with van der Waals surface area (Å²) in [5, 5.41) is 0. The molecule has 0 saturated carbocycles. The number of nitrogens with zero attached hydrogens (tertiary/aromatic N) is 2. The van der Waals surface area contributed by atoms with Gasteiger partial charge in [0.05, 0.1) is 6.54 Å². The molecule has 0 N–H and O–H groups in total. The van der Waals surface area contributed by atoms with Gasteiger partial charge in [0.25, 0.3) is 0 Å². The van der Waals surface area contributed by atoms with E-state index < -0.39 is 0 Å². The highest BCUT2D eigenvalue weighted by molar-refractivity contribution is 5.78. The lowest BCUT2D eigenvalue weighted by molar-refractivity contribution is -0.133. The summed E-state index contributed by atoms with van der Waals surface area (Å²) in [5.41, 5.74) is 0. The topological polar surface area (TPSA) is 23.6 Å². The molecule has 0 atom stereocenters. The average molecular weight is 254 g/mol. The first-order valence-corrected chi connectivity index (χ1v) is 7.36. The van der Waals surface area contributed by atoms with E-state index >= 15 is 0 Å². The molecule has 1 aliphatic rings. The lowest BCUT2D eigenvalue weighted by Crippen LogP contribution is -2.44. The Morgan fingerprint density at radius 1 is 1.22 bits per heavy atom. The van der Waals surface area contributed by atoms with Crippen LogP contribution in [0.25, 0.3) is 0 Å². The summed E-state index contributed by atoms with van der Waals surface area (Å²) in [5.74, 6) is 2.49. The quantitative estimate of drug-likeness (QED) is 0.752. The Balaban J connectivity index is 2.32. The molecule has 1 saturated heterocycles. The Morgan fingerprint density at radius 2 is 1.78 bits per heavy atom. The van der Waals surface area contributed by atoms with Crippen LogP contribution in [0.5, 0.6) is 0 Å². The lowest BCUT2D eigenvalue weighted by atomic mass is 9.87. The molecule has 3 nitrogen and oxygen atoms in total. The van der Waals surface area contributed by atoms with Crippen LogP contribution >= 0.6 is 0 Å². The first-order valence-electron chi connectivity index (χ1n) is 7.36. The Bertz CT molecular complexity index is 255. The number of piperidine rings is 1. The largest absolute Gasteiger partial charge is 0.342 e. The number of hydrogen-bond donors (Lipinski definition) is 0. The number of rotatable bonds is 5. The minimum atomic E-state index is 0.306. The predicted molar refractivity (Wildman–Crippen MR) is 76.5 cm³/mol. The van der Waals surface area contributed by atoms with Gasteiger partial charge >= 0.3 is 0 Å². The number of hydrogen-bond acceptors (Lipinski definition) is 2. The molecule has 1 aliphatic heterocycles. The molecule has 1 fully saturated rings. The zero-order valence-electron chi connectivity index (χ0n) is 12.8. The van der Waals surface area contributed by atoms with Gasteiger partial charge in [-0.2, -0.15) is 0 Å². The number of likely N-dealkylation sites (N-methyl/N-ethyl adjacent to an activating group) is 1. The van der Waals surface area contributed by atoms with Crippen LogP contribution in [-0.2, 0) is 4.79 Å². The average Bonchev–Trinajstić information content (AvgIpc) is 2.27. The van der Waals surface area contributed by atoms with E-state index in [1.54, 1.807) is 0 Å². The van der Waals surface area contributed by atoms with Crippen molar-refractivity contribution in [2.75, 3.05) is 33.2 Å². The van der Waals surface area contributed by atoms with Crippen LogP contribution in [0.4, 0.5) is 0 Å². The number of likely N-dealkylation sites (tertiary alicyclic amines) is 1. The zero-order valence-corrected chi connectivity index (χ0v) is 12.8. The number of carbonyl (C=O) groups excluding carboxylic acids is 1. The van der Waals surface area contributed by atoms with Gasteiger partial charge in [-0.15, -0.1) is 0 Å². The van der Waals surface area contributed by atoms with E-state index in [1.807, 2.05) is 7.05 Å². The van der Waals surface area contributed by atoms with Crippen LogP contribution in [0.2, 0.25) is 0 Å². The van der Waals surface area contributed by atoms with Gasteiger partial charge in [-0.25, -0.2) is 0 Å². The van der Waals surface area contributed by atoms with Gasteiger partial charge in [0.2, 0.25) is 5.91 Å². The van der Waals surface area contributed by atoms with Crippen molar-refractivity contribution in [2.45, 2.75) is 40.5 Å². The molecule has 0 bridgehead atoms. The van der Waals surface area contributed by atoms with Crippen molar-refractivity contribution in [1.82, 2.24) is 9.80 Å². The Kier molecular flexibility index (Phi) is 6.13. The van der Waals surface area contributed by atoms with Gasteiger partial charge in [0.15, 0.2) is 0 Å². The van der Waals surface area contributed by atoms with Crippen LogP contribution < -0.4 is 0 Å². The van der Waals surface area contributed by atoms with Gasteiger partial charge < -0.3 is 4.90 Å². The van der Waals surface area contributed by atoms with Gasteiger partial charge in [-0.05, 0) is 37.6 Å². The molecular weight excluding hydrogens is 224 g/mol. The second-order valence-electron chi connectivity index (χ2n) is 6.55. The SMILES string of the molecule is CC(C)CN(C)CC(=O)N1CCC(C(C)C)CC1. The predicted octanol–water partition coefficient (Wildman–Crippen LogP) is 2.47. The van der Waals surface area contributed by atoms with E-state index in [0.29, 0.717) is 18.4 Å². The standard InChI is InChI=1S/C15H30N2O/c1-12(2)10-16(5)11-15(18)17-8-6-14(7-9-17)13(3)4/h12-14H,6-11H2,1-5H3. The molecular formula is C15H30N2O. The third-order valence-electron chi connectivity index (χ3n) is 3.92.